The van der Waals surface area contributed by atoms with Gasteiger partial charge in [0.25, 0.3) is 0 Å². The molecule has 30 heavy (non-hydrogen) atoms. The molecule has 0 bridgehead atoms. The van der Waals surface area contributed by atoms with Crippen LogP contribution in [0.25, 0.3) is 17.0 Å². The van der Waals surface area contributed by atoms with Gasteiger partial charge in [-0.05, 0) is 30.3 Å². The van der Waals surface area contributed by atoms with Crippen LogP contribution < -0.4 is 10.2 Å². The van der Waals surface area contributed by atoms with Crippen molar-refractivity contribution in [3.8, 4) is 11.3 Å². The summed E-state index contributed by atoms with van der Waals surface area (Å²) in [5.41, 5.74) is 3.15. The van der Waals surface area contributed by atoms with Crippen molar-refractivity contribution in [3.63, 3.8) is 0 Å². The van der Waals surface area contributed by atoms with Gasteiger partial charge in [0.05, 0.1) is 11.6 Å². The molecule has 2 amide bonds. The number of aromatic nitrogens is 3. The Hall–Kier alpha value is -4.00. The molecule has 0 saturated carbocycles. The molecular weight excluding hydrogens is 378 g/mol. The predicted octanol–water partition coefficient (Wildman–Crippen LogP) is 3.39. The summed E-state index contributed by atoms with van der Waals surface area (Å²) < 4.78 is 1.85. The second-order valence-electron chi connectivity index (χ2n) is 7.26. The van der Waals surface area contributed by atoms with Crippen LogP contribution in [0.1, 0.15) is 6.42 Å². The molecule has 0 unspecified atom stereocenters. The van der Waals surface area contributed by atoms with E-state index in [0.717, 1.165) is 16.9 Å². The van der Waals surface area contributed by atoms with Gasteiger partial charge in [0, 0.05) is 48.5 Å². The minimum absolute atomic E-state index is 0.0349. The molecule has 0 radical (unpaired) electrons. The van der Waals surface area contributed by atoms with Crippen LogP contribution in [0.15, 0.2) is 79.3 Å². The molecule has 7 nitrogen and oxygen atoms in total. The van der Waals surface area contributed by atoms with Gasteiger partial charge in [-0.3, -0.25) is 14.0 Å². The van der Waals surface area contributed by atoms with Crippen molar-refractivity contribution in [3.05, 3.63) is 79.3 Å². The highest BCUT2D eigenvalue weighted by atomic mass is 16.2. The Balaban J connectivity index is 1.32. The summed E-state index contributed by atoms with van der Waals surface area (Å²) in [6.07, 6.45) is 5.69. The lowest BCUT2D eigenvalue weighted by Crippen LogP contribution is -2.28. The van der Waals surface area contributed by atoms with E-state index in [1.165, 1.54) is 0 Å². The van der Waals surface area contributed by atoms with Crippen LogP contribution >= 0.6 is 0 Å². The quantitative estimate of drug-likeness (QED) is 0.572. The van der Waals surface area contributed by atoms with E-state index in [1.807, 2.05) is 77.5 Å². The van der Waals surface area contributed by atoms with Crippen LogP contribution in [0, 0.1) is 5.92 Å². The Morgan fingerprint density at radius 3 is 2.77 bits per heavy atom. The number of para-hydroxylation sites is 1. The van der Waals surface area contributed by atoms with E-state index in [-0.39, 0.29) is 24.2 Å². The summed E-state index contributed by atoms with van der Waals surface area (Å²) >= 11 is 0. The highest BCUT2D eigenvalue weighted by Gasteiger charge is 2.35. The molecule has 3 heterocycles. The zero-order valence-corrected chi connectivity index (χ0v) is 16.1. The molecule has 2 aromatic heterocycles. The first-order chi connectivity index (χ1) is 14.7. The SMILES string of the molecule is O=C(Nc1cccc(-c2cn3cccnc3n2)c1)[C@H]1CC(=O)N(c2ccccc2)C1. The Morgan fingerprint density at radius 1 is 1.07 bits per heavy atom. The van der Waals surface area contributed by atoms with Crippen molar-refractivity contribution in [2.75, 3.05) is 16.8 Å². The monoisotopic (exact) mass is 397 g/mol. The van der Waals surface area contributed by atoms with E-state index in [9.17, 15) is 9.59 Å². The second-order valence-corrected chi connectivity index (χ2v) is 7.26. The molecule has 1 N–H and O–H groups in total. The zero-order valence-electron chi connectivity index (χ0n) is 16.1. The number of hydrogen-bond acceptors (Lipinski definition) is 4. The van der Waals surface area contributed by atoms with Crippen molar-refractivity contribution >= 4 is 29.0 Å². The number of amides is 2. The molecular formula is C23H19N5O2. The number of fused-ring (bicyclic) bond motifs is 1. The summed E-state index contributed by atoms with van der Waals surface area (Å²) in [6, 6.07) is 18.8. The van der Waals surface area contributed by atoms with Crippen molar-refractivity contribution < 1.29 is 9.59 Å². The Morgan fingerprint density at radius 2 is 1.93 bits per heavy atom. The van der Waals surface area contributed by atoms with Crippen LogP contribution in [-0.4, -0.2) is 32.7 Å². The Labute approximate surface area is 173 Å². The third-order valence-electron chi connectivity index (χ3n) is 5.23. The molecule has 5 rings (SSSR count). The lowest BCUT2D eigenvalue weighted by atomic mass is 10.1. The first-order valence-corrected chi connectivity index (χ1v) is 9.74. The molecule has 148 valence electrons. The Bertz CT molecular complexity index is 1200. The number of carbonyl (C=O) groups is 2. The number of anilines is 2. The van der Waals surface area contributed by atoms with Gasteiger partial charge in [-0.1, -0.05) is 30.3 Å². The van der Waals surface area contributed by atoms with Crippen molar-refractivity contribution in [1.29, 1.82) is 0 Å². The fourth-order valence-electron chi connectivity index (χ4n) is 3.71. The Kier molecular flexibility index (Phi) is 4.48. The first-order valence-electron chi connectivity index (χ1n) is 9.74. The summed E-state index contributed by atoms with van der Waals surface area (Å²) in [5, 5.41) is 2.95. The van der Waals surface area contributed by atoms with Crippen LogP contribution in [0.5, 0.6) is 0 Å². The number of nitrogens with one attached hydrogen (secondary N) is 1. The van der Waals surface area contributed by atoms with E-state index in [4.69, 9.17) is 0 Å². The third-order valence-corrected chi connectivity index (χ3v) is 5.23. The van der Waals surface area contributed by atoms with Gasteiger partial charge in [-0.25, -0.2) is 9.97 Å². The van der Waals surface area contributed by atoms with Crippen molar-refractivity contribution in [1.82, 2.24) is 14.4 Å². The average Bonchev–Trinajstić information content (AvgIpc) is 3.38. The minimum Gasteiger partial charge on any atom is -0.326 e. The van der Waals surface area contributed by atoms with E-state index in [2.05, 4.69) is 15.3 Å². The summed E-state index contributed by atoms with van der Waals surface area (Å²) in [5.74, 6) is 0.0380. The number of carbonyl (C=O) groups excluding carboxylic acids is 2. The second kappa shape index (κ2) is 7.44. The molecule has 1 fully saturated rings. The molecule has 2 aromatic carbocycles. The van der Waals surface area contributed by atoms with Crippen LogP contribution in [-0.2, 0) is 9.59 Å². The zero-order chi connectivity index (χ0) is 20.5. The molecule has 7 heteroatoms. The topological polar surface area (TPSA) is 79.6 Å². The number of benzene rings is 2. The number of hydrogen-bond donors (Lipinski definition) is 1. The fraction of sp³-hybridized carbons (Fsp3) is 0.130. The molecule has 1 atom stereocenters. The van der Waals surface area contributed by atoms with Crippen LogP contribution in [0.4, 0.5) is 11.4 Å². The number of rotatable bonds is 4. The van der Waals surface area contributed by atoms with Crippen LogP contribution in [0.3, 0.4) is 0 Å². The van der Waals surface area contributed by atoms with E-state index < -0.39 is 0 Å². The van der Waals surface area contributed by atoms with Gasteiger partial charge in [0.15, 0.2) is 0 Å². The lowest BCUT2D eigenvalue weighted by molar-refractivity contribution is -0.122. The molecule has 0 aliphatic carbocycles. The van der Waals surface area contributed by atoms with E-state index in [1.54, 1.807) is 11.1 Å². The highest BCUT2D eigenvalue weighted by Crippen LogP contribution is 2.27. The summed E-state index contributed by atoms with van der Waals surface area (Å²) in [6.45, 7) is 0.381. The first kappa shape index (κ1) is 18.1. The number of imidazole rings is 1. The maximum atomic E-state index is 12.8. The van der Waals surface area contributed by atoms with Gasteiger partial charge >= 0.3 is 0 Å². The average molecular weight is 397 g/mol. The maximum Gasteiger partial charge on any atom is 0.234 e. The number of nitrogens with zero attached hydrogens (tertiary/aromatic N) is 4. The summed E-state index contributed by atoms with van der Waals surface area (Å²) in [4.78, 5) is 35.6. The summed E-state index contributed by atoms with van der Waals surface area (Å²) in [7, 11) is 0. The van der Waals surface area contributed by atoms with Gasteiger partial charge in [0.2, 0.25) is 17.6 Å². The molecule has 0 spiro atoms. The molecule has 1 aliphatic rings. The highest BCUT2D eigenvalue weighted by molar-refractivity contribution is 6.03. The van der Waals surface area contributed by atoms with Gasteiger partial charge in [-0.2, -0.15) is 0 Å². The van der Waals surface area contributed by atoms with Crippen LogP contribution in [0.2, 0.25) is 0 Å². The fourth-order valence-corrected chi connectivity index (χ4v) is 3.71. The lowest BCUT2D eigenvalue weighted by Gasteiger charge is -2.16. The smallest absolute Gasteiger partial charge is 0.234 e. The third kappa shape index (κ3) is 3.41. The van der Waals surface area contributed by atoms with Crippen molar-refractivity contribution in [2.45, 2.75) is 6.42 Å². The molecule has 1 saturated heterocycles. The van der Waals surface area contributed by atoms with Gasteiger partial charge in [-0.15, -0.1) is 0 Å². The normalized spacial score (nSPS) is 16.2. The molecule has 4 aromatic rings. The maximum absolute atomic E-state index is 12.8. The minimum atomic E-state index is -0.388. The predicted molar refractivity (Wildman–Crippen MR) is 114 cm³/mol. The standard InChI is InChI=1S/C23H19N5O2/c29-21-13-17(14-28(21)19-8-2-1-3-9-19)22(30)25-18-7-4-6-16(12-18)20-15-27-11-5-10-24-23(27)26-20/h1-12,15,17H,13-14H2,(H,25,30)/t17-/m0/s1. The van der Waals surface area contributed by atoms with Gasteiger partial charge in [0.1, 0.15) is 0 Å². The van der Waals surface area contributed by atoms with Gasteiger partial charge < -0.3 is 10.2 Å². The molecule has 1 aliphatic heterocycles. The van der Waals surface area contributed by atoms with Crippen molar-refractivity contribution in [2.24, 2.45) is 5.92 Å². The largest absolute Gasteiger partial charge is 0.326 e. The van der Waals surface area contributed by atoms with E-state index >= 15 is 0 Å². The van der Waals surface area contributed by atoms with E-state index in [0.29, 0.717) is 18.0 Å².